The van der Waals surface area contributed by atoms with E-state index < -0.39 is 0 Å². The Balaban J connectivity index is 2.33. The van der Waals surface area contributed by atoms with Crippen LogP contribution in [0, 0.1) is 5.21 Å². The van der Waals surface area contributed by atoms with E-state index in [0.717, 1.165) is 5.56 Å². The second kappa shape index (κ2) is 4.84. The van der Waals surface area contributed by atoms with Crippen molar-refractivity contribution >= 4 is 0 Å². The van der Waals surface area contributed by atoms with Crippen LogP contribution in [0.25, 0.3) is 0 Å². The average Bonchev–Trinajstić information content (AvgIpc) is 2.16. The van der Waals surface area contributed by atoms with Gasteiger partial charge in [0.1, 0.15) is 0 Å². The molecule has 1 unspecified atom stereocenters. The molecular weight excluding hydrogens is 154 g/mol. The highest BCUT2D eigenvalue weighted by molar-refractivity contribution is 5.13. The van der Waals surface area contributed by atoms with Crippen molar-refractivity contribution in [1.82, 2.24) is 10.9 Å². The molecule has 0 spiro atoms. The van der Waals surface area contributed by atoms with Gasteiger partial charge < -0.3 is 5.21 Å². The number of quaternary nitrogens is 1. The molecule has 1 aromatic carbocycles. The van der Waals surface area contributed by atoms with Gasteiger partial charge in [-0.15, -0.1) is 5.43 Å². The first-order valence-corrected chi connectivity index (χ1v) is 3.82. The normalized spacial score (nSPS) is 12.8. The van der Waals surface area contributed by atoms with Gasteiger partial charge in [-0.3, -0.25) is 0 Å². The molecule has 0 saturated heterocycles. The summed E-state index contributed by atoms with van der Waals surface area (Å²) in [7, 11) is 1.60. The van der Waals surface area contributed by atoms with Crippen molar-refractivity contribution in [2.24, 2.45) is 0 Å². The Labute approximate surface area is 71.7 Å². The van der Waals surface area contributed by atoms with Crippen LogP contribution in [-0.4, -0.2) is 7.05 Å². The maximum absolute atomic E-state index is 10.8. The van der Waals surface area contributed by atoms with Gasteiger partial charge >= 0.3 is 0 Å². The second-order valence-electron chi connectivity index (χ2n) is 2.42. The zero-order valence-electron chi connectivity index (χ0n) is 7.00. The highest BCUT2D eigenvalue weighted by Gasteiger charge is 1.92. The molecule has 0 fully saturated rings. The summed E-state index contributed by atoms with van der Waals surface area (Å²) in [5.74, 6) is 0. The molecule has 0 saturated carbocycles. The summed E-state index contributed by atoms with van der Waals surface area (Å²) in [4.78, 5) is 0. The van der Waals surface area contributed by atoms with Crippen LogP contribution in [-0.2, 0) is 6.54 Å². The second-order valence-corrected chi connectivity index (χ2v) is 2.42. The van der Waals surface area contributed by atoms with Gasteiger partial charge in [0.2, 0.25) is 0 Å². The van der Waals surface area contributed by atoms with E-state index in [1.165, 1.54) is 0 Å². The van der Waals surface area contributed by atoms with Gasteiger partial charge in [-0.05, 0) is 5.56 Å². The lowest BCUT2D eigenvalue weighted by Gasteiger charge is -2.19. The van der Waals surface area contributed by atoms with Gasteiger partial charge in [-0.2, -0.15) is 5.43 Å². The largest absolute Gasteiger partial charge is 0.593 e. The molecule has 1 rings (SSSR count). The maximum atomic E-state index is 10.8. The van der Waals surface area contributed by atoms with Crippen molar-refractivity contribution in [3.63, 3.8) is 0 Å². The molecule has 4 heteroatoms. The summed E-state index contributed by atoms with van der Waals surface area (Å²) in [5, 5.41) is 10.6. The van der Waals surface area contributed by atoms with Gasteiger partial charge in [-0.25, -0.2) is 5.28 Å². The first-order valence-electron chi connectivity index (χ1n) is 3.82. The van der Waals surface area contributed by atoms with Crippen molar-refractivity contribution in [3.8, 4) is 0 Å². The van der Waals surface area contributed by atoms with Crippen LogP contribution in [0.3, 0.4) is 0 Å². The van der Waals surface area contributed by atoms with Crippen molar-refractivity contribution < 1.29 is 5.28 Å². The summed E-state index contributed by atoms with van der Waals surface area (Å²) in [5.41, 5.74) is 6.28. The van der Waals surface area contributed by atoms with Gasteiger partial charge in [0.15, 0.2) is 0 Å². The monoisotopic (exact) mass is 167 g/mol. The SMILES string of the molecule is CN[NH+]([O-])NCc1ccccc1. The van der Waals surface area contributed by atoms with Gasteiger partial charge in [0.25, 0.3) is 0 Å². The lowest BCUT2D eigenvalue weighted by atomic mass is 10.2. The molecule has 0 aliphatic carbocycles. The smallest absolute Gasteiger partial charge is 0.0719 e. The highest BCUT2D eigenvalue weighted by atomic mass is 16.6. The lowest BCUT2D eigenvalue weighted by molar-refractivity contribution is -0.940. The molecular formula is C8H13N3O. The molecule has 0 aliphatic rings. The summed E-state index contributed by atoms with van der Waals surface area (Å²) in [6, 6.07) is 9.77. The van der Waals surface area contributed by atoms with E-state index >= 15 is 0 Å². The fourth-order valence-corrected chi connectivity index (χ4v) is 0.867. The predicted octanol–water partition coefficient (Wildman–Crippen LogP) is -0.792. The molecule has 0 radical (unpaired) electrons. The van der Waals surface area contributed by atoms with Crippen molar-refractivity contribution in [2.45, 2.75) is 6.54 Å². The van der Waals surface area contributed by atoms with E-state index in [1.54, 1.807) is 7.05 Å². The van der Waals surface area contributed by atoms with Gasteiger partial charge in [-0.1, -0.05) is 30.3 Å². The van der Waals surface area contributed by atoms with Crippen LogP contribution in [0.1, 0.15) is 5.56 Å². The van der Waals surface area contributed by atoms with E-state index in [4.69, 9.17) is 0 Å². The summed E-state index contributed by atoms with van der Waals surface area (Å²) in [6.07, 6.45) is 0. The van der Waals surface area contributed by atoms with Crippen molar-refractivity contribution in [3.05, 3.63) is 41.1 Å². The van der Waals surface area contributed by atoms with Gasteiger partial charge in [0, 0.05) is 7.05 Å². The van der Waals surface area contributed by atoms with E-state index in [0.29, 0.717) is 6.54 Å². The van der Waals surface area contributed by atoms with Crippen LogP contribution in [0.2, 0.25) is 0 Å². The minimum atomic E-state index is -0.154. The predicted molar refractivity (Wildman–Crippen MR) is 46.7 cm³/mol. The van der Waals surface area contributed by atoms with Gasteiger partial charge in [0.05, 0.1) is 6.54 Å². The number of hydrogen-bond donors (Lipinski definition) is 3. The molecule has 66 valence electrons. The van der Waals surface area contributed by atoms with Crippen molar-refractivity contribution in [1.29, 1.82) is 0 Å². The number of benzene rings is 1. The molecule has 1 aromatic rings. The van der Waals surface area contributed by atoms with Crippen LogP contribution in [0.15, 0.2) is 30.3 Å². The third kappa shape index (κ3) is 2.98. The Morgan fingerprint density at radius 1 is 1.33 bits per heavy atom. The van der Waals surface area contributed by atoms with Crippen LogP contribution in [0.5, 0.6) is 0 Å². The minimum absolute atomic E-state index is 0.154. The molecule has 3 N–H and O–H groups in total. The van der Waals surface area contributed by atoms with Crippen LogP contribution in [0.4, 0.5) is 0 Å². The molecule has 0 heterocycles. The number of hydrogen-bond acceptors (Lipinski definition) is 3. The quantitative estimate of drug-likeness (QED) is 0.515. The topological polar surface area (TPSA) is 51.6 Å². The minimum Gasteiger partial charge on any atom is -0.593 e. The fraction of sp³-hybridized carbons (Fsp3) is 0.250. The molecule has 0 aliphatic heterocycles. The Morgan fingerprint density at radius 2 is 2.00 bits per heavy atom. The molecule has 0 aromatic heterocycles. The lowest BCUT2D eigenvalue weighted by Crippen LogP contribution is -3.19. The number of nitrogens with one attached hydrogen (secondary N) is 3. The zero-order chi connectivity index (χ0) is 8.81. The van der Waals surface area contributed by atoms with Crippen molar-refractivity contribution in [2.75, 3.05) is 7.05 Å². The third-order valence-corrected chi connectivity index (χ3v) is 1.52. The van der Waals surface area contributed by atoms with Crippen LogP contribution < -0.4 is 16.1 Å². The Hall–Kier alpha value is -0.940. The van der Waals surface area contributed by atoms with E-state index in [1.807, 2.05) is 30.3 Å². The average molecular weight is 167 g/mol. The molecule has 0 amide bonds. The summed E-state index contributed by atoms with van der Waals surface area (Å²) in [6.45, 7) is 0.570. The molecule has 1 atom stereocenters. The molecule has 0 bridgehead atoms. The van der Waals surface area contributed by atoms with E-state index in [2.05, 4.69) is 10.9 Å². The van der Waals surface area contributed by atoms with E-state index in [9.17, 15) is 5.21 Å². The Bertz CT molecular complexity index is 215. The zero-order valence-corrected chi connectivity index (χ0v) is 7.00. The maximum Gasteiger partial charge on any atom is 0.0719 e. The Morgan fingerprint density at radius 3 is 2.58 bits per heavy atom. The van der Waals surface area contributed by atoms with E-state index in [-0.39, 0.29) is 5.28 Å². The first kappa shape index (κ1) is 9.15. The van der Waals surface area contributed by atoms with Crippen LogP contribution >= 0.6 is 0 Å². The first-order chi connectivity index (χ1) is 5.83. The third-order valence-electron chi connectivity index (χ3n) is 1.52. The summed E-state index contributed by atoms with van der Waals surface area (Å²) >= 11 is 0. The standard InChI is InChI=1S/C8H13N3O/c1-9-11(12)10-7-8-5-3-2-4-6-8/h2-6,9-11H,7H2,1H3. The Kier molecular flexibility index (Phi) is 3.69. The summed E-state index contributed by atoms with van der Waals surface area (Å²) < 4.78 is 0. The molecule has 4 nitrogen and oxygen atoms in total. The number of rotatable bonds is 4. The molecule has 12 heavy (non-hydrogen) atoms. The highest BCUT2D eigenvalue weighted by Crippen LogP contribution is 1.95. The fourth-order valence-electron chi connectivity index (χ4n) is 0.867.